The molecule has 11 heteroatoms. The summed E-state index contributed by atoms with van der Waals surface area (Å²) in [7, 11) is 9.42. The maximum atomic E-state index is 12.5. The molecule has 0 saturated carbocycles. The van der Waals surface area contributed by atoms with Gasteiger partial charge in [-0.05, 0) is 52.1 Å². The van der Waals surface area contributed by atoms with Gasteiger partial charge in [-0.25, -0.2) is 0 Å². The first-order chi connectivity index (χ1) is 20.1. The molecular formula is C31H45N9O2. The van der Waals surface area contributed by atoms with Crippen LogP contribution in [0.5, 0.6) is 0 Å². The molecule has 2 amide bonds. The lowest BCUT2D eigenvalue weighted by Crippen LogP contribution is -2.53. The van der Waals surface area contributed by atoms with Gasteiger partial charge in [0.2, 0.25) is 11.8 Å². The maximum absolute atomic E-state index is 12.5. The fourth-order valence-corrected chi connectivity index (χ4v) is 4.17. The van der Waals surface area contributed by atoms with E-state index in [9.17, 15) is 9.59 Å². The van der Waals surface area contributed by atoms with Crippen molar-refractivity contribution < 1.29 is 9.59 Å². The number of hydrogen-bond acceptors (Lipinski definition) is 7. The molecule has 2 aromatic rings. The average molecular weight is 576 g/mol. The molecule has 1 aliphatic heterocycles. The van der Waals surface area contributed by atoms with Gasteiger partial charge < -0.3 is 30.7 Å². The smallest absolute Gasteiger partial charge is 0.246 e. The van der Waals surface area contributed by atoms with Crippen molar-refractivity contribution in [2.75, 3.05) is 53.1 Å². The summed E-state index contributed by atoms with van der Waals surface area (Å²) in [5.74, 6) is 6.86. The number of hydrogen-bond donors (Lipinski definition) is 3. The zero-order valence-corrected chi connectivity index (χ0v) is 25.9. The molecule has 1 aromatic carbocycles. The Kier molecular flexibility index (Phi) is 12.0. The van der Waals surface area contributed by atoms with Crippen molar-refractivity contribution in [3.05, 3.63) is 48.3 Å². The number of amidine groups is 1. The minimum absolute atomic E-state index is 0.185. The van der Waals surface area contributed by atoms with Gasteiger partial charge in [0.05, 0.1) is 17.3 Å². The highest BCUT2D eigenvalue weighted by molar-refractivity contribution is 6.03. The Morgan fingerprint density at radius 1 is 1.26 bits per heavy atom. The topological polar surface area (TPSA) is 110 Å². The number of carbonyl (C=O) groups is 2. The molecule has 3 N–H and O–H groups in total. The Hall–Kier alpha value is -4.30. The molecule has 2 heterocycles. The molecule has 0 fully saturated rings. The summed E-state index contributed by atoms with van der Waals surface area (Å²) in [6.45, 7) is 5.67. The van der Waals surface area contributed by atoms with Crippen molar-refractivity contribution in [1.82, 2.24) is 35.1 Å². The zero-order chi connectivity index (χ0) is 30.6. The van der Waals surface area contributed by atoms with Crippen molar-refractivity contribution >= 4 is 34.2 Å². The maximum Gasteiger partial charge on any atom is 0.246 e. The monoisotopic (exact) mass is 575 g/mol. The van der Waals surface area contributed by atoms with Crippen molar-refractivity contribution in [2.45, 2.75) is 45.4 Å². The minimum atomic E-state index is -0.563. The number of amides is 2. The predicted molar refractivity (Wildman–Crippen MR) is 170 cm³/mol. The third-order valence-corrected chi connectivity index (χ3v) is 6.85. The molecule has 0 bridgehead atoms. The van der Waals surface area contributed by atoms with E-state index in [0.717, 1.165) is 34.4 Å². The molecule has 1 aromatic heterocycles. The molecule has 0 aliphatic carbocycles. The molecular weight excluding hydrogens is 530 g/mol. The summed E-state index contributed by atoms with van der Waals surface area (Å²) in [6.07, 6.45) is 9.20. The standard InChI is InChI=1S/C31H45N9O2/c1-8-17-32-29-25(22-38(5)31(36-29)35-26-16-15-24-21-34-40(7)27(24)20-26)13-10-9-11-18-33-30(42)23(2)39(6)28(41)14-12-19-37(3)4/h12,14-16,20-23,31,35H,8-9,11,17-19H2,1-7H3,(H,32,36)(H,33,42)/b14-12+/t23-,31?/m0/s1. The second kappa shape index (κ2) is 15.6. The van der Waals surface area contributed by atoms with E-state index in [1.807, 2.05) is 61.1 Å². The molecule has 1 aliphatic rings. The number of aliphatic imine (C=N–C) groups is 1. The summed E-state index contributed by atoms with van der Waals surface area (Å²) in [4.78, 5) is 35.0. The number of fused-ring (bicyclic) bond motifs is 1. The number of anilines is 1. The lowest BCUT2D eigenvalue weighted by Gasteiger charge is -2.34. The van der Waals surface area contributed by atoms with Crippen molar-refractivity contribution in [3.8, 4) is 11.8 Å². The van der Waals surface area contributed by atoms with Crippen LogP contribution in [0.4, 0.5) is 5.69 Å². The van der Waals surface area contributed by atoms with E-state index in [2.05, 4.69) is 51.9 Å². The highest BCUT2D eigenvalue weighted by Gasteiger charge is 2.23. The van der Waals surface area contributed by atoms with Gasteiger partial charge in [-0.3, -0.25) is 19.3 Å². The predicted octanol–water partition coefficient (Wildman–Crippen LogP) is 2.36. The first kappa shape index (κ1) is 32.2. The van der Waals surface area contributed by atoms with E-state index in [-0.39, 0.29) is 18.1 Å². The largest absolute Gasteiger partial charge is 0.354 e. The number of aryl methyl sites for hydroxylation is 1. The van der Waals surface area contributed by atoms with Crippen molar-refractivity contribution in [2.24, 2.45) is 12.0 Å². The number of benzene rings is 1. The third kappa shape index (κ3) is 9.11. The number of unbranched alkanes of at least 4 members (excludes halogenated alkanes) is 1. The number of rotatable bonds is 12. The molecule has 3 rings (SSSR count). The Labute approximate surface area is 249 Å². The van der Waals surface area contributed by atoms with Gasteiger partial charge in [-0.1, -0.05) is 24.8 Å². The normalized spacial score (nSPS) is 16.7. The summed E-state index contributed by atoms with van der Waals surface area (Å²) < 4.78 is 1.86. The van der Waals surface area contributed by atoms with Crippen LogP contribution in [0.2, 0.25) is 0 Å². The minimum Gasteiger partial charge on any atom is -0.354 e. The van der Waals surface area contributed by atoms with Crippen LogP contribution in [0, 0.1) is 11.8 Å². The third-order valence-electron chi connectivity index (χ3n) is 6.85. The fourth-order valence-electron chi connectivity index (χ4n) is 4.17. The number of likely N-dealkylation sites (N-methyl/N-ethyl adjacent to an activating group) is 2. The van der Waals surface area contributed by atoms with E-state index in [1.165, 1.54) is 11.0 Å². The average Bonchev–Trinajstić information content (AvgIpc) is 3.33. The lowest BCUT2D eigenvalue weighted by molar-refractivity contribution is -0.135. The van der Waals surface area contributed by atoms with Crippen LogP contribution in [0.1, 0.15) is 33.1 Å². The highest BCUT2D eigenvalue weighted by Crippen LogP contribution is 2.20. The van der Waals surface area contributed by atoms with Crippen molar-refractivity contribution in [3.63, 3.8) is 0 Å². The zero-order valence-electron chi connectivity index (χ0n) is 25.9. The van der Waals surface area contributed by atoms with Crippen LogP contribution in [0.15, 0.2) is 53.3 Å². The first-order valence-corrected chi connectivity index (χ1v) is 14.4. The second-order valence-electron chi connectivity index (χ2n) is 10.7. The van der Waals surface area contributed by atoms with Crippen LogP contribution in [-0.4, -0.2) is 102 Å². The van der Waals surface area contributed by atoms with Crippen LogP contribution >= 0.6 is 0 Å². The van der Waals surface area contributed by atoms with Crippen LogP contribution in [0.25, 0.3) is 10.9 Å². The molecule has 1 unspecified atom stereocenters. The lowest BCUT2D eigenvalue weighted by atomic mass is 10.2. The van der Waals surface area contributed by atoms with E-state index >= 15 is 0 Å². The van der Waals surface area contributed by atoms with Crippen LogP contribution in [-0.2, 0) is 16.6 Å². The quantitative estimate of drug-likeness (QED) is 0.203. The molecule has 2 atom stereocenters. The summed E-state index contributed by atoms with van der Waals surface area (Å²) in [5.41, 5.74) is 2.85. The SMILES string of the molecule is CCCN=C1NC(Nc2ccc3cnn(C)c3c2)N(C)C=C1C#CCCCNC(=O)[C@H](C)N(C)C(=O)/C=C/CN(C)C. The van der Waals surface area contributed by atoms with Crippen LogP contribution in [0.3, 0.4) is 0 Å². The number of nitrogens with zero attached hydrogens (tertiary/aromatic N) is 6. The van der Waals surface area contributed by atoms with E-state index in [1.54, 1.807) is 20.0 Å². The number of nitrogens with one attached hydrogen (secondary N) is 3. The van der Waals surface area contributed by atoms with Gasteiger partial charge in [0, 0.05) is 70.5 Å². The highest BCUT2D eigenvalue weighted by atomic mass is 16.2. The van der Waals surface area contributed by atoms with Gasteiger partial charge in [-0.2, -0.15) is 5.10 Å². The fraction of sp³-hybridized carbons (Fsp3) is 0.484. The Morgan fingerprint density at radius 3 is 2.79 bits per heavy atom. The van der Waals surface area contributed by atoms with E-state index < -0.39 is 6.04 Å². The first-order valence-electron chi connectivity index (χ1n) is 14.4. The molecule has 226 valence electrons. The Balaban J connectivity index is 1.53. The second-order valence-corrected chi connectivity index (χ2v) is 10.7. The van der Waals surface area contributed by atoms with Gasteiger partial charge >= 0.3 is 0 Å². The number of carbonyl (C=O) groups excluding carboxylic acids is 2. The van der Waals surface area contributed by atoms with Crippen molar-refractivity contribution in [1.29, 1.82) is 0 Å². The van der Waals surface area contributed by atoms with Gasteiger partial charge in [-0.15, -0.1) is 0 Å². The van der Waals surface area contributed by atoms with Gasteiger partial charge in [0.25, 0.3) is 0 Å². The molecule has 42 heavy (non-hydrogen) atoms. The number of aromatic nitrogens is 2. The molecule has 0 spiro atoms. The molecule has 0 saturated heterocycles. The van der Waals surface area contributed by atoms with E-state index in [0.29, 0.717) is 32.5 Å². The molecule has 0 radical (unpaired) electrons. The Morgan fingerprint density at radius 2 is 2.05 bits per heavy atom. The van der Waals surface area contributed by atoms with Gasteiger partial charge in [0.15, 0.2) is 6.29 Å². The summed E-state index contributed by atoms with van der Waals surface area (Å²) >= 11 is 0. The Bertz CT molecular complexity index is 1380. The van der Waals surface area contributed by atoms with Gasteiger partial charge in [0.1, 0.15) is 11.9 Å². The van der Waals surface area contributed by atoms with Crippen LogP contribution < -0.4 is 16.0 Å². The summed E-state index contributed by atoms with van der Waals surface area (Å²) in [6, 6.07) is 5.61. The van der Waals surface area contributed by atoms with E-state index in [4.69, 9.17) is 4.99 Å². The summed E-state index contributed by atoms with van der Waals surface area (Å²) in [5, 5.41) is 15.3. The molecule has 11 nitrogen and oxygen atoms in total.